The van der Waals surface area contributed by atoms with E-state index >= 15 is 0 Å². The highest BCUT2D eigenvalue weighted by Gasteiger charge is 2.10. The minimum atomic E-state index is -0.484. The number of benzene rings is 3. The Morgan fingerprint density at radius 1 is 0.962 bits per heavy atom. The molecule has 134 valence electrons. The van der Waals surface area contributed by atoms with E-state index in [1.807, 2.05) is 30.3 Å². The van der Waals surface area contributed by atoms with Crippen LogP contribution in [0.3, 0.4) is 0 Å². The molecule has 3 aromatic carbocycles. The van der Waals surface area contributed by atoms with E-state index in [0.717, 1.165) is 5.56 Å². The van der Waals surface area contributed by atoms with Crippen LogP contribution in [0, 0.1) is 0 Å². The summed E-state index contributed by atoms with van der Waals surface area (Å²) in [6, 6.07) is 23.7. The van der Waals surface area contributed by atoms with Gasteiger partial charge in [0.25, 0.3) is 0 Å². The van der Waals surface area contributed by atoms with Crippen molar-refractivity contribution < 1.29 is 9.53 Å². The van der Waals surface area contributed by atoms with Crippen molar-refractivity contribution in [3.8, 4) is 0 Å². The number of para-hydroxylation sites is 1. The molecule has 0 radical (unpaired) electrons. The number of nitrogens with one attached hydrogen (secondary N) is 2. The van der Waals surface area contributed by atoms with Crippen LogP contribution < -0.4 is 16.4 Å². The van der Waals surface area contributed by atoms with Crippen LogP contribution in [-0.2, 0) is 11.3 Å². The van der Waals surface area contributed by atoms with E-state index in [4.69, 9.17) is 10.5 Å². The lowest BCUT2D eigenvalue weighted by molar-refractivity contribution is 0.148. The highest BCUT2D eigenvalue weighted by Crippen LogP contribution is 2.15. The quantitative estimate of drug-likeness (QED) is 0.610. The van der Waals surface area contributed by atoms with Crippen LogP contribution in [0.1, 0.15) is 5.56 Å². The second kappa shape index (κ2) is 8.99. The predicted octanol–water partition coefficient (Wildman–Crippen LogP) is 3.51. The molecular formula is C21H23N3O2. The van der Waals surface area contributed by atoms with Gasteiger partial charge in [-0.2, -0.15) is 0 Å². The molecule has 0 bridgehead atoms. The highest BCUT2D eigenvalue weighted by molar-refractivity contribution is 5.84. The molecular weight excluding hydrogens is 326 g/mol. The zero-order chi connectivity index (χ0) is 18.2. The number of carbonyl (C=O) groups excluding carboxylic acids is 1. The Kier molecular flexibility index (Phi) is 6.19. The maximum atomic E-state index is 11.9. The Labute approximate surface area is 153 Å². The topological polar surface area (TPSA) is 76.4 Å². The fraction of sp³-hybridized carbons (Fsp3) is 0.190. The first-order chi connectivity index (χ1) is 12.7. The molecule has 3 rings (SSSR count). The molecule has 4 N–H and O–H groups in total. The molecule has 5 heteroatoms. The van der Waals surface area contributed by atoms with Gasteiger partial charge in [0.05, 0.1) is 6.04 Å². The average molecular weight is 349 g/mol. The Morgan fingerprint density at radius 2 is 1.69 bits per heavy atom. The summed E-state index contributed by atoms with van der Waals surface area (Å²) in [5.74, 6) is 0. The number of ether oxygens (including phenoxy) is 1. The summed E-state index contributed by atoms with van der Waals surface area (Å²) in [4.78, 5) is 11.9. The lowest BCUT2D eigenvalue weighted by Crippen LogP contribution is -2.40. The molecule has 1 amide bonds. The first-order valence-electron chi connectivity index (χ1n) is 8.64. The van der Waals surface area contributed by atoms with E-state index in [2.05, 4.69) is 41.0 Å². The summed E-state index contributed by atoms with van der Waals surface area (Å²) in [5, 5.41) is 8.44. The van der Waals surface area contributed by atoms with Crippen molar-refractivity contribution in [2.75, 3.05) is 18.5 Å². The predicted molar refractivity (Wildman–Crippen MR) is 105 cm³/mol. The van der Waals surface area contributed by atoms with E-state index in [0.29, 0.717) is 18.8 Å². The number of amides is 1. The summed E-state index contributed by atoms with van der Waals surface area (Å²) in [6.07, 6.45) is -0.484. The highest BCUT2D eigenvalue weighted by atomic mass is 16.5. The van der Waals surface area contributed by atoms with Gasteiger partial charge in [-0.3, -0.25) is 5.32 Å². The number of rotatable bonds is 7. The first-order valence-corrected chi connectivity index (χ1v) is 8.64. The number of hydrogen-bond acceptors (Lipinski definition) is 4. The van der Waals surface area contributed by atoms with E-state index in [-0.39, 0.29) is 12.6 Å². The molecule has 0 saturated carbocycles. The van der Waals surface area contributed by atoms with E-state index < -0.39 is 6.09 Å². The maximum absolute atomic E-state index is 11.9. The molecule has 0 aliphatic rings. The second-order valence-electron chi connectivity index (χ2n) is 6.08. The van der Waals surface area contributed by atoms with Gasteiger partial charge >= 0.3 is 6.09 Å². The van der Waals surface area contributed by atoms with Crippen LogP contribution in [0.2, 0.25) is 0 Å². The van der Waals surface area contributed by atoms with Crippen LogP contribution in [0.15, 0.2) is 72.8 Å². The van der Waals surface area contributed by atoms with Gasteiger partial charge < -0.3 is 15.8 Å². The number of fused-ring (bicyclic) bond motifs is 1. The Hall–Kier alpha value is -2.89. The van der Waals surface area contributed by atoms with Gasteiger partial charge in [-0.05, 0) is 34.5 Å². The summed E-state index contributed by atoms with van der Waals surface area (Å²) in [7, 11) is 0. The summed E-state index contributed by atoms with van der Waals surface area (Å²) in [6.45, 7) is 1.26. The minimum Gasteiger partial charge on any atom is -0.448 e. The first kappa shape index (κ1) is 17.9. The third kappa shape index (κ3) is 5.05. The van der Waals surface area contributed by atoms with Gasteiger partial charge in [-0.25, -0.2) is 4.79 Å². The number of hydrogen-bond donors (Lipinski definition) is 3. The van der Waals surface area contributed by atoms with Gasteiger partial charge in [-0.1, -0.05) is 54.6 Å². The molecule has 5 nitrogen and oxygen atoms in total. The molecule has 1 atom stereocenters. The van der Waals surface area contributed by atoms with Crippen molar-refractivity contribution in [1.29, 1.82) is 0 Å². The van der Waals surface area contributed by atoms with Crippen molar-refractivity contribution in [1.82, 2.24) is 5.32 Å². The largest absolute Gasteiger partial charge is 0.448 e. The van der Waals surface area contributed by atoms with Crippen LogP contribution in [0.25, 0.3) is 10.8 Å². The molecule has 0 aliphatic heterocycles. The smallest absolute Gasteiger partial charge is 0.411 e. The summed E-state index contributed by atoms with van der Waals surface area (Å²) >= 11 is 0. The van der Waals surface area contributed by atoms with Crippen LogP contribution in [0.4, 0.5) is 10.5 Å². The number of carbonyl (C=O) groups is 1. The van der Waals surface area contributed by atoms with Crippen LogP contribution >= 0.6 is 0 Å². The molecule has 0 spiro atoms. The summed E-state index contributed by atoms with van der Waals surface area (Å²) < 4.78 is 5.27. The van der Waals surface area contributed by atoms with Crippen molar-refractivity contribution in [2.45, 2.75) is 12.6 Å². The lowest BCUT2D eigenvalue weighted by Gasteiger charge is -2.17. The monoisotopic (exact) mass is 349 g/mol. The Morgan fingerprint density at radius 3 is 2.46 bits per heavy atom. The van der Waals surface area contributed by atoms with Crippen molar-refractivity contribution in [3.63, 3.8) is 0 Å². The van der Waals surface area contributed by atoms with Gasteiger partial charge in [0.15, 0.2) is 0 Å². The number of anilines is 1. The van der Waals surface area contributed by atoms with Gasteiger partial charge in [-0.15, -0.1) is 0 Å². The fourth-order valence-electron chi connectivity index (χ4n) is 2.67. The molecule has 1 unspecified atom stereocenters. The maximum Gasteiger partial charge on any atom is 0.411 e. The average Bonchev–Trinajstić information content (AvgIpc) is 2.68. The van der Waals surface area contributed by atoms with E-state index in [1.54, 1.807) is 12.1 Å². The molecule has 0 heterocycles. The fourth-order valence-corrected chi connectivity index (χ4v) is 2.67. The third-order valence-electron chi connectivity index (χ3n) is 4.13. The third-order valence-corrected chi connectivity index (χ3v) is 4.13. The van der Waals surface area contributed by atoms with Gasteiger partial charge in [0, 0.05) is 18.8 Å². The zero-order valence-electron chi connectivity index (χ0n) is 14.5. The molecule has 26 heavy (non-hydrogen) atoms. The molecule has 3 aromatic rings. The molecule has 0 aliphatic carbocycles. The van der Waals surface area contributed by atoms with Crippen molar-refractivity contribution in [2.24, 2.45) is 5.73 Å². The van der Waals surface area contributed by atoms with E-state index in [9.17, 15) is 4.79 Å². The SMILES string of the molecule is NCC(COC(=O)Nc1ccccc1)NCc1ccc2ccccc2c1. The Balaban J connectivity index is 1.48. The van der Waals surface area contributed by atoms with E-state index in [1.165, 1.54) is 10.8 Å². The van der Waals surface area contributed by atoms with Crippen molar-refractivity contribution >= 4 is 22.6 Å². The van der Waals surface area contributed by atoms with Gasteiger partial charge in [0.2, 0.25) is 0 Å². The Bertz CT molecular complexity index is 852. The standard InChI is InChI=1S/C21H23N3O2/c22-13-20(15-26-21(25)24-19-8-2-1-3-9-19)23-14-16-10-11-17-6-4-5-7-18(17)12-16/h1-12,20,23H,13-15,22H2,(H,24,25). The van der Waals surface area contributed by atoms with Gasteiger partial charge in [0.1, 0.15) is 6.61 Å². The van der Waals surface area contributed by atoms with Crippen LogP contribution in [-0.4, -0.2) is 25.3 Å². The normalized spacial score (nSPS) is 11.9. The lowest BCUT2D eigenvalue weighted by atomic mass is 10.1. The minimum absolute atomic E-state index is 0.108. The van der Waals surface area contributed by atoms with Crippen molar-refractivity contribution in [3.05, 3.63) is 78.4 Å². The molecule has 0 fully saturated rings. The molecule has 0 aromatic heterocycles. The summed E-state index contributed by atoms with van der Waals surface area (Å²) in [5.41, 5.74) is 7.65. The van der Waals surface area contributed by atoms with Crippen LogP contribution in [0.5, 0.6) is 0 Å². The zero-order valence-corrected chi connectivity index (χ0v) is 14.5. The number of nitrogens with two attached hydrogens (primary N) is 1. The molecule has 0 saturated heterocycles. The second-order valence-corrected chi connectivity index (χ2v) is 6.08.